The molecule has 1 aromatic rings. The van der Waals surface area contributed by atoms with Crippen LogP contribution < -0.4 is 0 Å². The molecule has 0 N–H and O–H groups in total. The monoisotopic (exact) mass is 224 g/mol. The summed E-state index contributed by atoms with van der Waals surface area (Å²) in [6, 6.07) is 4.75. The minimum atomic E-state index is -0.288. The van der Waals surface area contributed by atoms with Crippen molar-refractivity contribution in [2.24, 2.45) is 0 Å². The van der Waals surface area contributed by atoms with E-state index in [1.165, 1.54) is 6.07 Å². The van der Waals surface area contributed by atoms with Crippen molar-refractivity contribution in [3.05, 3.63) is 35.1 Å². The Balaban J connectivity index is 2.21. The van der Waals surface area contributed by atoms with Crippen molar-refractivity contribution in [2.45, 2.75) is 25.0 Å². The fourth-order valence-electron chi connectivity index (χ4n) is 1.72. The number of ketones is 1. The van der Waals surface area contributed by atoms with Gasteiger partial charge in [-0.1, -0.05) is 12.1 Å². The van der Waals surface area contributed by atoms with E-state index in [2.05, 4.69) is 0 Å². The van der Waals surface area contributed by atoms with Crippen LogP contribution in [-0.4, -0.2) is 16.8 Å². The lowest BCUT2D eigenvalue weighted by atomic mass is 10.0. The normalized spacial score (nSPS) is 20.5. The lowest BCUT2D eigenvalue weighted by Crippen LogP contribution is -2.14. The van der Waals surface area contributed by atoms with Gasteiger partial charge in [-0.3, -0.25) is 4.79 Å². The van der Waals surface area contributed by atoms with Crippen LogP contribution in [0.4, 0.5) is 4.39 Å². The summed E-state index contributed by atoms with van der Waals surface area (Å²) < 4.78 is 13.3. The summed E-state index contributed by atoms with van der Waals surface area (Å²) in [7, 11) is 0. The fraction of sp³-hybridized carbons (Fsp3) is 0.417. The second-order valence-electron chi connectivity index (χ2n) is 3.83. The molecule has 80 valence electrons. The molecule has 1 fully saturated rings. The number of hydrogen-bond donors (Lipinski definition) is 0. The number of Topliss-reactive ketones (excluding diaryl/α,β-unsaturated/α-hetero) is 1. The van der Waals surface area contributed by atoms with E-state index in [4.69, 9.17) is 0 Å². The lowest BCUT2D eigenvalue weighted by molar-refractivity contribution is 0.0988. The number of benzene rings is 1. The average Bonchev–Trinajstić information content (AvgIpc) is 2.74. The minimum Gasteiger partial charge on any atom is -0.293 e. The van der Waals surface area contributed by atoms with Crippen LogP contribution in [0.25, 0.3) is 0 Å². The van der Waals surface area contributed by atoms with Crippen LogP contribution in [0.3, 0.4) is 0 Å². The highest BCUT2D eigenvalue weighted by molar-refractivity contribution is 8.00. The van der Waals surface area contributed by atoms with Crippen LogP contribution in [0.1, 0.15) is 28.8 Å². The lowest BCUT2D eigenvalue weighted by Gasteiger charge is -2.07. The molecule has 1 unspecified atom stereocenters. The third-order valence-electron chi connectivity index (χ3n) is 2.68. The highest BCUT2D eigenvalue weighted by Gasteiger charge is 2.24. The molecule has 1 atom stereocenters. The van der Waals surface area contributed by atoms with Gasteiger partial charge in [-0.2, -0.15) is 11.8 Å². The van der Waals surface area contributed by atoms with E-state index in [9.17, 15) is 9.18 Å². The molecule has 15 heavy (non-hydrogen) atoms. The summed E-state index contributed by atoms with van der Waals surface area (Å²) in [6.45, 7) is 1.70. The first-order valence-corrected chi connectivity index (χ1v) is 6.15. The predicted octanol–water partition coefficient (Wildman–Crippen LogP) is 3.21. The number of rotatable bonds is 2. The summed E-state index contributed by atoms with van der Waals surface area (Å²) in [5.41, 5.74) is 1.10. The van der Waals surface area contributed by atoms with Crippen molar-refractivity contribution in [3.8, 4) is 0 Å². The van der Waals surface area contributed by atoms with Gasteiger partial charge in [-0.15, -0.1) is 0 Å². The van der Waals surface area contributed by atoms with Gasteiger partial charge in [0.1, 0.15) is 5.82 Å². The third-order valence-corrected chi connectivity index (χ3v) is 4.05. The molecule has 0 bridgehead atoms. The highest BCUT2D eigenvalue weighted by atomic mass is 32.2. The molecule has 1 heterocycles. The smallest absolute Gasteiger partial charge is 0.175 e. The number of thioether (sulfide) groups is 1. The van der Waals surface area contributed by atoms with Crippen molar-refractivity contribution in [1.29, 1.82) is 0 Å². The predicted molar refractivity (Wildman–Crippen MR) is 60.9 cm³/mol. The van der Waals surface area contributed by atoms with Crippen molar-refractivity contribution < 1.29 is 9.18 Å². The van der Waals surface area contributed by atoms with Gasteiger partial charge in [0.25, 0.3) is 0 Å². The van der Waals surface area contributed by atoms with Crippen LogP contribution in [-0.2, 0) is 0 Å². The Morgan fingerprint density at radius 2 is 2.33 bits per heavy atom. The molecular formula is C12H13FOS. The van der Waals surface area contributed by atoms with E-state index >= 15 is 0 Å². The molecule has 0 aliphatic carbocycles. The maximum absolute atomic E-state index is 13.3. The molecule has 0 radical (unpaired) electrons. The Labute approximate surface area is 93.1 Å². The zero-order chi connectivity index (χ0) is 10.8. The molecule has 0 spiro atoms. The van der Waals surface area contributed by atoms with E-state index < -0.39 is 0 Å². The van der Waals surface area contributed by atoms with Crippen molar-refractivity contribution >= 4 is 17.5 Å². The van der Waals surface area contributed by atoms with Crippen LogP contribution in [0.5, 0.6) is 0 Å². The largest absolute Gasteiger partial charge is 0.293 e. The van der Waals surface area contributed by atoms with E-state index in [1.54, 1.807) is 30.8 Å². The summed E-state index contributed by atoms with van der Waals surface area (Å²) in [5.74, 6) is 0.838. The Hall–Kier alpha value is -0.830. The minimum absolute atomic E-state index is 0.0482. The Bertz CT molecular complexity index is 383. The van der Waals surface area contributed by atoms with Gasteiger partial charge in [0.05, 0.1) is 5.25 Å². The maximum atomic E-state index is 13.3. The molecule has 1 nitrogen and oxygen atoms in total. The fourth-order valence-corrected chi connectivity index (χ4v) is 2.96. The number of carbonyl (C=O) groups excluding carboxylic acids is 1. The first-order chi connectivity index (χ1) is 7.18. The van der Waals surface area contributed by atoms with E-state index in [-0.39, 0.29) is 16.9 Å². The number of carbonyl (C=O) groups is 1. The first kappa shape index (κ1) is 10.7. The third kappa shape index (κ3) is 2.23. The van der Waals surface area contributed by atoms with E-state index in [0.717, 1.165) is 18.6 Å². The van der Waals surface area contributed by atoms with Gasteiger partial charge in [-0.25, -0.2) is 4.39 Å². The van der Waals surface area contributed by atoms with Crippen molar-refractivity contribution in [3.63, 3.8) is 0 Å². The maximum Gasteiger partial charge on any atom is 0.175 e. The molecule has 3 heteroatoms. The Kier molecular flexibility index (Phi) is 3.10. The molecule has 2 rings (SSSR count). The molecular weight excluding hydrogens is 211 g/mol. The molecule has 0 aromatic heterocycles. The van der Waals surface area contributed by atoms with Gasteiger partial charge in [0, 0.05) is 5.56 Å². The summed E-state index contributed by atoms with van der Waals surface area (Å²) >= 11 is 1.68. The number of hydrogen-bond acceptors (Lipinski definition) is 2. The van der Waals surface area contributed by atoms with Gasteiger partial charge < -0.3 is 0 Å². The molecule has 1 aromatic carbocycles. The van der Waals surface area contributed by atoms with Gasteiger partial charge >= 0.3 is 0 Å². The second-order valence-corrected chi connectivity index (χ2v) is 5.14. The van der Waals surface area contributed by atoms with Crippen LogP contribution in [0.2, 0.25) is 0 Å². The zero-order valence-corrected chi connectivity index (χ0v) is 9.44. The summed E-state index contributed by atoms with van der Waals surface area (Å²) in [5, 5.41) is 0.0482. The Morgan fingerprint density at radius 1 is 1.53 bits per heavy atom. The number of aryl methyl sites for hydroxylation is 1. The van der Waals surface area contributed by atoms with Crippen LogP contribution in [0, 0.1) is 12.7 Å². The average molecular weight is 224 g/mol. The molecule has 0 saturated carbocycles. The topological polar surface area (TPSA) is 17.1 Å². The van der Waals surface area contributed by atoms with Crippen LogP contribution >= 0.6 is 11.8 Å². The van der Waals surface area contributed by atoms with Gasteiger partial charge in [0.15, 0.2) is 5.78 Å². The van der Waals surface area contributed by atoms with Crippen molar-refractivity contribution in [2.75, 3.05) is 5.75 Å². The molecule has 0 amide bonds. The Morgan fingerprint density at radius 3 is 2.93 bits per heavy atom. The summed E-state index contributed by atoms with van der Waals surface area (Å²) in [4.78, 5) is 11.9. The van der Waals surface area contributed by atoms with Gasteiger partial charge in [-0.05, 0) is 37.1 Å². The molecule has 1 aliphatic heterocycles. The van der Waals surface area contributed by atoms with E-state index in [0.29, 0.717) is 11.1 Å². The number of halogens is 1. The van der Waals surface area contributed by atoms with Crippen LogP contribution in [0.15, 0.2) is 18.2 Å². The highest BCUT2D eigenvalue weighted by Crippen LogP contribution is 2.29. The van der Waals surface area contributed by atoms with Crippen molar-refractivity contribution in [1.82, 2.24) is 0 Å². The second kappa shape index (κ2) is 4.35. The van der Waals surface area contributed by atoms with Gasteiger partial charge in [0.2, 0.25) is 0 Å². The first-order valence-electron chi connectivity index (χ1n) is 5.10. The quantitative estimate of drug-likeness (QED) is 0.717. The SMILES string of the molecule is Cc1ccc(C(=O)C2CCCS2)cc1F. The van der Waals surface area contributed by atoms with E-state index in [1.807, 2.05) is 0 Å². The molecule has 1 aliphatic rings. The zero-order valence-electron chi connectivity index (χ0n) is 8.63. The summed E-state index contributed by atoms with van der Waals surface area (Å²) in [6.07, 6.45) is 2.02. The molecule has 1 saturated heterocycles. The standard InChI is InChI=1S/C12H13FOS/c1-8-4-5-9(7-10(8)13)12(14)11-3-2-6-15-11/h4-5,7,11H,2-3,6H2,1H3.